The highest BCUT2D eigenvalue weighted by Crippen LogP contribution is 2.31. The van der Waals surface area contributed by atoms with Gasteiger partial charge in [0.05, 0.1) is 18.5 Å². The van der Waals surface area contributed by atoms with E-state index in [4.69, 9.17) is 15.2 Å². The molecule has 2 rings (SSSR count). The van der Waals surface area contributed by atoms with Crippen LogP contribution in [0.1, 0.15) is 26.5 Å². The van der Waals surface area contributed by atoms with Crippen LogP contribution in [-0.4, -0.2) is 28.6 Å². The number of benzene rings is 1. The van der Waals surface area contributed by atoms with Gasteiger partial charge < -0.3 is 15.2 Å². The predicted molar refractivity (Wildman–Crippen MR) is 85.0 cm³/mol. The van der Waals surface area contributed by atoms with E-state index in [9.17, 15) is 9.18 Å². The largest absolute Gasteiger partial charge is 0.497 e. The molecular formula is C16H20FN3O3. The molecule has 0 fully saturated rings. The Labute approximate surface area is 134 Å². The summed E-state index contributed by atoms with van der Waals surface area (Å²) in [7, 11) is 1.45. The van der Waals surface area contributed by atoms with E-state index in [0.717, 1.165) is 4.68 Å². The number of ether oxygens (including phenoxy) is 2. The Bertz CT molecular complexity index is 748. The molecule has 2 N–H and O–H groups in total. The Balaban J connectivity index is 2.46. The summed E-state index contributed by atoms with van der Waals surface area (Å²) in [6, 6.07) is 4.34. The van der Waals surface area contributed by atoms with Crippen LogP contribution in [0.15, 0.2) is 18.2 Å². The summed E-state index contributed by atoms with van der Waals surface area (Å²) in [6.07, 6.45) is -0.665. The highest BCUT2D eigenvalue weighted by molar-refractivity contribution is 5.80. The first-order valence-electron chi connectivity index (χ1n) is 7.06. The van der Waals surface area contributed by atoms with Crippen molar-refractivity contribution in [2.75, 3.05) is 12.8 Å². The van der Waals surface area contributed by atoms with Crippen molar-refractivity contribution in [3.63, 3.8) is 0 Å². The fourth-order valence-corrected chi connectivity index (χ4v) is 2.01. The van der Waals surface area contributed by atoms with Crippen LogP contribution in [0, 0.1) is 12.7 Å². The van der Waals surface area contributed by atoms with Gasteiger partial charge in [-0.25, -0.2) is 9.18 Å². The van der Waals surface area contributed by atoms with Crippen LogP contribution >= 0.6 is 0 Å². The number of carbonyl (C=O) groups is 1. The molecule has 23 heavy (non-hydrogen) atoms. The van der Waals surface area contributed by atoms with Crippen molar-refractivity contribution in [1.29, 1.82) is 0 Å². The SMILES string of the molecule is COc1ccc(-c2nn(C(=O)OC(C)(C)C)c(C)c2N)c(F)c1. The molecule has 0 spiro atoms. The average Bonchev–Trinajstić information content (AvgIpc) is 2.73. The van der Waals surface area contributed by atoms with E-state index in [1.807, 2.05) is 0 Å². The van der Waals surface area contributed by atoms with Crippen molar-refractivity contribution < 1.29 is 18.7 Å². The number of anilines is 1. The number of methoxy groups -OCH3 is 1. The van der Waals surface area contributed by atoms with E-state index < -0.39 is 17.5 Å². The first kappa shape index (κ1) is 16.8. The summed E-state index contributed by atoms with van der Waals surface area (Å²) in [6.45, 7) is 6.86. The molecule has 6 nitrogen and oxygen atoms in total. The second-order valence-corrected chi connectivity index (χ2v) is 6.09. The van der Waals surface area contributed by atoms with Crippen LogP contribution in [-0.2, 0) is 4.74 Å². The minimum Gasteiger partial charge on any atom is -0.497 e. The van der Waals surface area contributed by atoms with E-state index in [-0.39, 0.29) is 16.9 Å². The summed E-state index contributed by atoms with van der Waals surface area (Å²) >= 11 is 0. The van der Waals surface area contributed by atoms with Crippen molar-refractivity contribution in [1.82, 2.24) is 9.78 Å². The van der Waals surface area contributed by atoms with Crippen LogP contribution < -0.4 is 10.5 Å². The van der Waals surface area contributed by atoms with E-state index in [1.54, 1.807) is 33.8 Å². The van der Waals surface area contributed by atoms with Gasteiger partial charge >= 0.3 is 6.09 Å². The normalized spacial score (nSPS) is 11.4. The molecule has 0 saturated heterocycles. The number of aromatic nitrogens is 2. The quantitative estimate of drug-likeness (QED) is 0.917. The van der Waals surface area contributed by atoms with Gasteiger partial charge in [0.2, 0.25) is 0 Å². The zero-order valence-corrected chi connectivity index (χ0v) is 13.8. The highest BCUT2D eigenvalue weighted by Gasteiger charge is 2.24. The third-order valence-corrected chi connectivity index (χ3v) is 3.16. The number of rotatable bonds is 2. The summed E-state index contributed by atoms with van der Waals surface area (Å²) in [5.41, 5.74) is 6.31. The summed E-state index contributed by atoms with van der Waals surface area (Å²) in [4.78, 5) is 12.2. The van der Waals surface area contributed by atoms with Crippen LogP contribution in [0.4, 0.5) is 14.9 Å². The van der Waals surface area contributed by atoms with Gasteiger partial charge in [-0.15, -0.1) is 0 Å². The third kappa shape index (κ3) is 3.44. The first-order chi connectivity index (χ1) is 10.6. The predicted octanol–water partition coefficient (Wildman–Crippen LogP) is 3.37. The fourth-order valence-electron chi connectivity index (χ4n) is 2.01. The lowest BCUT2D eigenvalue weighted by molar-refractivity contribution is 0.0511. The van der Waals surface area contributed by atoms with Crippen molar-refractivity contribution in [3.05, 3.63) is 29.7 Å². The van der Waals surface area contributed by atoms with Gasteiger partial charge in [-0.05, 0) is 39.8 Å². The molecule has 0 bridgehead atoms. The van der Waals surface area contributed by atoms with E-state index in [2.05, 4.69) is 5.10 Å². The Kier molecular flexibility index (Phi) is 4.31. The molecule has 7 heteroatoms. The molecule has 0 amide bonds. The number of nitrogen functional groups attached to an aromatic ring is 1. The minimum atomic E-state index is -0.671. The molecule has 0 radical (unpaired) electrons. The maximum absolute atomic E-state index is 14.2. The second-order valence-electron chi connectivity index (χ2n) is 6.09. The van der Waals surface area contributed by atoms with Gasteiger partial charge in [-0.3, -0.25) is 0 Å². The van der Waals surface area contributed by atoms with Gasteiger partial charge in [0, 0.05) is 11.6 Å². The zero-order valence-electron chi connectivity index (χ0n) is 13.8. The molecule has 0 unspecified atom stereocenters. The molecule has 0 atom stereocenters. The van der Waals surface area contributed by atoms with Gasteiger partial charge in [0.15, 0.2) is 0 Å². The average molecular weight is 321 g/mol. The third-order valence-electron chi connectivity index (χ3n) is 3.16. The molecule has 124 valence electrons. The minimum absolute atomic E-state index is 0.188. The number of hydrogen-bond acceptors (Lipinski definition) is 5. The smallest absolute Gasteiger partial charge is 0.435 e. The number of carbonyl (C=O) groups excluding carboxylic acids is 1. The highest BCUT2D eigenvalue weighted by atomic mass is 19.1. The first-order valence-corrected chi connectivity index (χ1v) is 7.06. The molecule has 2 aromatic rings. The van der Waals surface area contributed by atoms with Crippen molar-refractivity contribution in [3.8, 4) is 17.0 Å². The van der Waals surface area contributed by atoms with Gasteiger partial charge in [-0.2, -0.15) is 9.78 Å². The topological polar surface area (TPSA) is 79.4 Å². The summed E-state index contributed by atoms with van der Waals surface area (Å²) < 4.78 is 25.5. The molecule has 1 aromatic heterocycles. The van der Waals surface area contributed by atoms with Crippen molar-refractivity contribution in [2.24, 2.45) is 0 Å². The molecule has 1 aromatic carbocycles. The molecule has 0 aliphatic carbocycles. The maximum Gasteiger partial charge on any atom is 0.435 e. The standard InChI is InChI=1S/C16H20FN3O3/c1-9-13(18)14(11-7-6-10(22-5)8-12(11)17)19-20(9)15(21)23-16(2,3)4/h6-8H,18H2,1-5H3. The van der Waals surface area contributed by atoms with Crippen LogP contribution in [0.3, 0.4) is 0 Å². The molecule has 0 saturated carbocycles. The number of halogens is 1. The number of hydrogen-bond donors (Lipinski definition) is 1. The Morgan fingerprint density at radius 2 is 2.00 bits per heavy atom. The molecule has 0 aliphatic rings. The Morgan fingerprint density at radius 1 is 1.35 bits per heavy atom. The second kappa shape index (κ2) is 5.91. The van der Waals surface area contributed by atoms with Crippen LogP contribution in [0.2, 0.25) is 0 Å². The van der Waals surface area contributed by atoms with Crippen LogP contribution in [0.25, 0.3) is 11.3 Å². The molecular weight excluding hydrogens is 301 g/mol. The van der Waals surface area contributed by atoms with E-state index in [1.165, 1.54) is 19.2 Å². The van der Waals surface area contributed by atoms with Crippen LogP contribution in [0.5, 0.6) is 5.75 Å². The number of nitrogens with two attached hydrogens (primary N) is 1. The summed E-state index contributed by atoms with van der Waals surface area (Å²) in [5.74, 6) is -0.155. The van der Waals surface area contributed by atoms with E-state index >= 15 is 0 Å². The Hall–Kier alpha value is -2.57. The summed E-state index contributed by atoms with van der Waals surface area (Å²) in [5, 5.41) is 4.12. The maximum atomic E-state index is 14.2. The monoisotopic (exact) mass is 321 g/mol. The van der Waals surface area contributed by atoms with Gasteiger partial charge in [0.25, 0.3) is 0 Å². The van der Waals surface area contributed by atoms with Gasteiger partial charge in [-0.1, -0.05) is 0 Å². The molecule has 0 aliphatic heterocycles. The lowest BCUT2D eigenvalue weighted by Crippen LogP contribution is -2.28. The lowest BCUT2D eigenvalue weighted by atomic mass is 10.1. The lowest BCUT2D eigenvalue weighted by Gasteiger charge is -2.19. The van der Waals surface area contributed by atoms with E-state index in [0.29, 0.717) is 11.4 Å². The van der Waals surface area contributed by atoms with Crippen molar-refractivity contribution >= 4 is 11.8 Å². The number of nitrogens with zero attached hydrogens (tertiary/aromatic N) is 2. The Morgan fingerprint density at radius 3 is 2.52 bits per heavy atom. The zero-order chi connectivity index (χ0) is 17.4. The fraction of sp³-hybridized carbons (Fsp3) is 0.375. The van der Waals surface area contributed by atoms with Crippen molar-refractivity contribution in [2.45, 2.75) is 33.3 Å². The molecule has 1 heterocycles. The van der Waals surface area contributed by atoms with Gasteiger partial charge in [0.1, 0.15) is 22.9 Å².